The molecular formula is C14H23N3O. The predicted octanol–water partition coefficient (Wildman–Crippen LogP) is 1.85. The largest absolute Gasteiger partial charge is 0.350 e. The number of nitrogens with zero attached hydrogens (tertiary/aromatic N) is 1. The van der Waals surface area contributed by atoms with E-state index >= 15 is 0 Å². The number of amides is 1. The second kappa shape index (κ2) is 6.50. The van der Waals surface area contributed by atoms with Crippen molar-refractivity contribution >= 4 is 5.91 Å². The van der Waals surface area contributed by atoms with Gasteiger partial charge in [0.25, 0.3) is 0 Å². The molecule has 1 amide bonds. The first-order valence-corrected chi connectivity index (χ1v) is 6.29. The van der Waals surface area contributed by atoms with E-state index in [2.05, 4.69) is 31.1 Å². The van der Waals surface area contributed by atoms with Crippen molar-refractivity contribution in [1.29, 1.82) is 0 Å². The topological polar surface area (TPSA) is 68.0 Å². The van der Waals surface area contributed by atoms with Crippen LogP contribution in [0.4, 0.5) is 0 Å². The minimum Gasteiger partial charge on any atom is -0.350 e. The molecule has 0 aliphatic rings. The van der Waals surface area contributed by atoms with Crippen LogP contribution in [0.25, 0.3) is 0 Å². The molecule has 1 heterocycles. The van der Waals surface area contributed by atoms with Crippen LogP contribution in [0.2, 0.25) is 0 Å². The van der Waals surface area contributed by atoms with E-state index in [-0.39, 0.29) is 17.4 Å². The molecule has 0 radical (unpaired) electrons. The summed E-state index contributed by atoms with van der Waals surface area (Å²) in [5.41, 5.74) is 6.96. The highest BCUT2D eigenvalue weighted by atomic mass is 16.1. The van der Waals surface area contributed by atoms with Crippen molar-refractivity contribution in [2.75, 3.05) is 0 Å². The van der Waals surface area contributed by atoms with Gasteiger partial charge < -0.3 is 11.1 Å². The second-order valence-electron chi connectivity index (χ2n) is 5.83. The average molecular weight is 249 g/mol. The number of nitrogens with one attached hydrogen (secondary N) is 1. The molecule has 0 spiro atoms. The van der Waals surface area contributed by atoms with Crippen molar-refractivity contribution in [1.82, 2.24) is 10.3 Å². The maximum Gasteiger partial charge on any atom is 0.221 e. The molecule has 0 bridgehead atoms. The fourth-order valence-electron chi connectivity index (χ4n) is 1.86. The zero-order chi connectivity index (χ0) is 13.6. The number of rotatable bonds is 5. The van der Waals surface area contributed by atoms with E-state index < -0.39 is 0 Å². The SMILES string of the molecule is CC(C)(C)CC(N)CC(=O)NCc1ccccn1. The third-order valence-corrected chi connectivity index (χ3v) is 2.51. The number of carbonyl (C=O) groups excluding carboxylic acids is 1. The number of nitrogens with two attached hydrogens (primary N) is 1. The Kier molecular flexibility index (Phi) is 5.28. The summed E-state index contributed by atoms with van der Waals surface area (Å²) in [7, 11) is 0. The van der Waals surface area contributed by atoms with Crippen LogP contribution in [-0.2, 0) is 11.3 Å². The normalized spacial score (nSPS) is 13.1. The van der Waals surface area contributed by atoms with Gasteiger partial charge in [-0.1, -0.05) is 26.8 Å². The lowest BCUT2D eigenvalue weighted by molar-refractivity contribution is -0.121. The van der Waals surface area contributed by atoms with Crippen LogP contribution in [-0.4, -0.2) is 16.9 Å². The summed E-state index contributed by atoms with van der Waals surface area (Å²) in [4.78, 5) is 15.8. The molecule has 1 aromatic heterocycles. The molecule has 1 aromatic rings. The fraction of sp³-hybridized carbons (Fsp3) is 0.571. The number of hydrogen-bond donors (Lipinski definition) is 2. The molecule has 4 heteroatoms. The Morgan fingerprint density at radius 3 is 2.72 bits per heavy atom. The van der Waals surface area contributed by atoms with Gasteiger partial charge in [0.1, 0.15) is 0 Å². The third kappa shape index (κ3) is 6.35. The van der Waals surface area contributed by atoms with Gasteiger partial charge in [-0.3, -0.25) is 9.78 Å². The van der Waals surface area contributed by atoms with Crippen molar-refractivity contribution < 1.29 is 4.79 Å². The Hall–Kier alpha value is -1.42. The maximum atomic E-state index is 11.7. The van der Waals surface area contributed by atoms with Gasteiger partial charge in [-0.2, -0.15) is 0 Å². The molecule has 4 nitrogen and oxygen atoms in total. The van der Waals surface area contributed by atoms with E-state index in [0.717, 1.165) is 12.1 Å². The monoisotopic (exact) mass is 249 g/mol. The Bertz CT molecular complexity index is 370. The lowest BCUT2D eigenvalue weighted by Gasteiger charge is -2.22. The van der Waals surface area contributed by atoms with Crippen molar-refractivity contribution in [3.05, 3.63) is 30.1 Å². The van der Waals surface area contributed by atoms with E-state index in [9.17, 15) is 4.79 Å². The quantitative estimate of drug-likeness (QED) is 0.837. The van der Waals surface area contributed by atoms with Crippen LogP contribution < -0.4 is 11.1 Å². The molecular weight excluding hydrogens is 226 g/mol. The molecule has 3 N–H and O–H groups in total. The first-order chi connectivity index (χ1) is 8.37. The Labute approximate surface area is 109 Å². The van der Waals surface area contributed by atoms with Gasteiger partial charge in [-0.05, 0) is 24.0 Å². The lowest BCUT2D eigenvalue weighted by atomic mass is 9.87. The van der Waals surface area contributed by atoms with Crippen LogP contribution in [0, 0.1) is 5.41 Å². The number of aromatic nitrogens is 1. The standard InChI is InChI=1S/C14H23N3O/c1-14(2,3)9-11(15)8-13(18)17-10-12-6-4-5-7-16-12/h4-7,11H,8-10,15H2,1-3H3,(H,17,18). The molecule has 100 valence electrons. The zero-order valence-corrected chi connectivity index (χ0v) is 11.4. The van der Waals surface area contributed by atoms with E-state index in [4.69, 9.17) is 5.73 Å². The second-order valence-corrected chi connectivity index (χ2v) is 5.83. The summed E-state index contributed by atoms with van der Waals surface area (Å²) in [6.07, 6.45) is 2.92. The van der Waals surface area contributed by atoms with Crippen LogP contribution in [0.3, 0.4) is 0 Å². The summed E-state index contributed by atoms with van der Waals surface area (Å²) >= 11 is 0. The summed E-state index contributed by atoms with van der Waals surface area (Å²) in [6.45, 7) is 6.83. The highest BCUT2D eigenvalue weighted by Crippen LogP contribution is 2.20. The van der Waals surface area contributed by atoms with Crippen LogP contribution in [0.5, 0.6) is 0 Å². The minimum atomic E-state index is -0.0891. The highest BCUT2D eigenvalue weighted by Gasteiger charge is 2.17. The van der Waals surface area contributed by atoms with E-state index in [1.54, 1.807) is 6.20 Å². The van der Waals surface area contributed by atoms with Gasteiger partial charge in [0.05, 0.1) is 12.2 Å². The first kappa shape index (κ1) is 14.6. The van der Waals surface area contributed by atoms with E-state index in [1.165, 1.54) is 0 Å². The predicted molar refractivity (Wildman–Crippen MR) is 72.7 cm³/mol. The number of pyridine rings is 1. The van der Waals surface area contributed by atoms with E-state index in [1.807, 2.05) is 18.2 Å². The molecule has 18 heavy (non-hydrogen) atoms. The van der Waals surface area contributed by atoms with Crippen LogP contribution >= 0.6 is 0 Å². The van der Waals surface area contributed by atoms with Gasteiger partial charge in [0.15, 0.2) is 0 Å². The third-order valence-electron chi connectivity index (χ3n) is 2.51. The lowest BCUT2D eigenvalue weighted by Crippen LogP contribution is -2.34. The van der Waals surface area contributed by atoms with Crippen molar-refractivity contribution in [3.8, 4) is 0 Å². The Balaban J connectivity index is 2.30. The molecule has 0 saturated heterocycles. The van der Waals surface area contributed by atoms with Crippen LogP contribution in [0.1, 0.15) is 39.3 Å². The van der Waals surface area contributed by atoms with Gasteiger partial charge in [-0.25, -0.2) is 0 Å². The van der Waals surface area contributed by atoms with Gasteiger partial charge >= 0.3 is 0 Å². The summed E-state index contributed by atoms with van der Waals surface area (Å²) in [6, 6.07) is 5.55. The average Bonchev–Trinajstić information content (AvgIpc) is 2.25. The maximum absolute atomic E-state index is 11.7. The molecule has 0 aromatic carbocycles. The fourth-order valence-corrected chi connectivity index (χ4v) is 1.86. The summed E-state index contributed by atoms with van der Waals surface area (Å²) < 4.78 is 0. The van der Waals surface area contributed by atoms with Gasteiger partial charge in [0, 0.05) is 18.7 Å². The van der Waals surface area contributed by atoms with Crippen LogP contribution in [0.15, 0.2) is 24.4 Å². The zero-order valence-electron chi connectivity index (χ0n) is 11.4. The summed E-state index contributed by atoms with van der Waals surface area (Å²) in [5, 5.41) is 2.83. The Morgan fingerprint density at radius 2 is 2.17 bits per heavy atom. The smallest absolute Gasteiger partial charge is 0.221 e. The van der Waals surface area contributed by atoms with Gasteiger partial charge in [-0.15, -0.1) is 0 Å². The van der Waals surface area contributed by atoms with Crippen molar-refractivity contribution in [2.24, 2.45) is 11.1 Å². The summed E-state index contributed by atoms with van der Waals surface area (Å²) in [5.74, 6) is -0.0163. The number of hydrogen-bond acceptors (Lipinski definition) is 3. The molecule has 0 saturated carbocycles. The minimum absolute atomic E-state index is 0.0163. The first-order valence-electron chi connectivity index (χ1n) is 6.29. The molecule has 1 atom stereocenters. The molecule has 0 aliphatic heterocycles. The molecule has 1 unspecified atom stereocenters. The molecule has 0 aliphatic carbocycles. The Morgan fingerprint density at radius 1 is 1.44 bits per heavy atom. The molecule has 1 rings (SSSR count). The van der Waals surface area contributed by atoms with E-state index in [0.29, 0.717) is 13.0 Å². The number of carbonyl (C=O) groups is 1. The highest BCUT2D eigenvalue weighted by molar-refractivity contribution is 5.76. The van der Waals surface area contributed by atoms with Crippen molar-refractivity contribution in [2.45, 2.75) is 46.2 Å². The van der Waals surface area contributed by atoms with Crippen molar-refractivity contribution in [3.63, 3.8) is 0 Å². The van der Waals surface area contributed by atoms with Gasteiger partial charge in [0.2, 0.25) is 5.91 Å². The molecule has 0 fully saturated rings.